The highest BCUT2D eigenvalue weighted by molar-refractivity contribution is 5.80. The number of rotatable bonds is 4. The van der Waals surface area contributed by atoms with E-state index in [4.69, 9.17) is 9.47 Å². The number of aliphatic imine (C=N–C) groups is 1. The second kappa shape index (κ2) is 8.26. The van der Waals surface area contributed by atoms with Crippen LogP contribution < -0.4 is 5.32 Å². The number of nitro benzene ring substituents is 1. The highest BCUT2D eigenvalue weighted by atomic mass is 16.6. The van der Waals surface area contributed by atoms with Gasteiger partial charge in [-0.15, -0.1) is 0 Å². The molecule has 3 rings (SSSR count). The summed E-state index contributed by atoms with van der Waals surface area (Å²) < 4.78 is 11.6. The van der Waals surface area contributed by atoms with Gasteiger partial charge >= 0.3 is 0 Å². The van der Waals surface area contributed by atoms with Gasteiger partial charge in [0.2, 0.25) is 0 Å². The summed E-state index contributed by atoms with van der Waals surface area (Å²) in [4.78, 5) is 16.9. The maximum absolute atomic E-state index is 10.7. The van der Waals surface area contributed by atoms with Crippen LogP contribution in [0.5, 0.6) is 0 Å². The van der Waals surface area contributed by atoms with E-state index < -0.39 is 4.92 Å². The molecular weight excluding hydrogens is 324 g/mol. The average Bonchev–Trinajstić information content (AvgIpc) is 3.18. The number of benzene rings is 1. The zero-order valence-electron chi connectivity index (χ0n) is 14.4. The lowest BCUT2D eigenvalue weighted by atomic mass is 10.1. The first-order valence-corrected chi connectivity index (χ1v) is 8.59. The van der Waals surface area contributed by atoms with Gasteiger partial charge in [0, 0.05) is 45.4 Å². The summed E-state index contributed by atoms with van der Waals surface area (Å²) in [7, 11) is 1.76. The van der Waals surface area contributed by atoms with E-state index >= 15 is 0 Å². The molecule has 2 saturated heterocycles. The Kier molecular flexibility index (Phi) is 5.83. The lowest BCUT2D eigenvalue weighted by Crippen LogP contribution is -2.53. The molecule has 0 aromatic heterocycles. The summed E-state index contributed by atoms with van der Waals surface area (Å²) >= 11 is 0. The highest BCUT2D eigenvalue weighted by Crippen LogP contribution is 2.21. The summed E-state index contributed by atoms with van der Waals surface area (Å²) in [6.45, 7) is 3.57. The lowest BCUT2D eigenvalue weighted by molar-refractivity contribution is -0.384. The molecule has 2 aliphatic heterocycles. The fourth-order valence-electron chi connectivity index (χ4n) is 3.24. The van der Waals surface area contributed by atoms with Gasteiger partial charge < -0.3 is 19.7 Å². The molecule has 1 aromatic carbocycles. The zero-order valence-corrected chi connectivity index (χ0v) is 14.4. The number of nitrogens with one attached hydrogen (secondary N) is 1. The standard InChI is InChI=1S/C17H24N4O4/c1-18-17(19-11-13-4-6-14(7-5-13)21(22)23)20-8-10-25-16(12-20)15-3-2-9-24-15/h4-7,15-16H,2-3,8-12H2,1H3,(H,18,19). The van der Waals surface area contributed by atoms with E-state index in [9.17, 15) is 10.1 Å². The van der Waals surface area contributed by atoms with Crippen molar-refractivity contribution >= 4 is 11.6 Å². The number of ether oxygens (including phenoxy) is 2. The first kappa shape index (κ1) is 17.6. The third-order valence-electron chi connectivity index (χ3n) is 4.58. The Morgan fingerprint density at radius 2 is 2.08 bits per heavy atom. The molecule has 0 spiro atoms. The van der Waals surface area contributed by atoms with Crippen LogP contribution in [-0.2, 0) is 16.0 Å². The van der Waals surface area contributed by atoms with Crippen molar-refractivity contribution in [3.05, 3.63) is 39.9 Å². The van der Waals surface area contributed by atoms with Gasteiger partial charge in [-0.2, -0.15) is 0 Å². The number of non-ortho nitro benzene ring substituents is 1. The van der Waals surface area contributed by atoms with Crippen LogP contribution in [-0.4, -0.2) is 61.3 Å². The number of hydrogen-bond acceptors (Lipinski definition) is 5. The predicted octanol–water partition coefficient (Wildman–Crippen LogP) is 1.55. The van der Waals surface area contributed by atoms with E-state index in [1.807, 2.05) is 0 Å². The Bertz CT molecular complexity index is 614. The minimum absolute atomic E-state index is 0.0779. The minimum Gasteiger partial charge on any atom is -0.375 e. The van der Waals surface area contributed by atoms with Crippen LogP contribution in [0, 0.1) is 10.1 Å². The quantitative estimate of drug-likeness (QED) is 0.384. The molecule has 1 aromatic rings. The third-order valence-corrected chi connectivity index (χ3v) is 4.58. The highest BCUT2D eigenvalue weighted by Gasteiger charge is 2.32. The molecular formula is C17H24N4O4. The summed E-state index contributed by atoms with van der Waals surface area (Å²) in [5, 5.41) is 14.0. The van der Waals surface area contributed by atoms with Crippen molar-refractivity contribution in [3.8, 4) is 0 Å². The maximum atomic E-state index is 10.7. The van der Waals surface area contributed by atoms with Crippen molar-refractivity contribution < 1.29 is 14.4 Å². The number of guanidine groups is 1. The molecule has 0 radical (unpaired) electrons. The molecule has 0 bridgehead atoms. The van der Waals surface area contributed by atoms with E-state index in [1.54, 1.807) is 19.2 Å². The Balaban J connectivity index is 1.55. The van der Waals surface area contributed by atoms with E-state index in [2.05, 4.69) is 15.2 Å². The SMILES string of the molecule is CN=C(NCc1ccc([N+](=O)[O-])cc1)N1CCOC(C2CCCO2)C1. The number of hydrogen-bond donors (Lipinski definition) is 1. The fraction of sp³-hybridized carbons (Fsp3) is 0.588. The molecule has 8 nitrogen and oxygen atoms in total. The van der Waals surface area contributed by atoms with Gasteiger partial charge in [-0.3, -0.25) is 15.1 Å². The van der Waals surface area contributed by atoms with Gasteiger partial charge in [-0.1, -0.05) is 12.1 Å². The molecule has 2 aliphatic rings. The zero-order chi connectivity index (χ0) is 17.6. The average molecular weight is 348 g/mol. The topological polar surface area (TPSA) is 89.2 Å². The van der Waals surface area contributed by atoms with Crippen molar-refractivity contribution in [2.45, 2.75) is 31.6 Å². The van der Waals surface area contributed by atoms with Gasteiger partial charge in [-0.25, -0.2) is 0 Å². The second-order valence-corrected chi connectivity index (χ2v) is 6.23. The Morgan fingerprint density at radius 1 is 1.32 bits per heavy atom. The first-order chi connectivity index (χ1) is 12.2. The molecule has 0 aliphatic carbocycles. The van der Waals surface area contributed by atoms with Gasteiger partial charge in [0.25, 0.3) is 5.69 Å². The van der Waals surface area contributed by atoms with Gasteiger partial charge in [0.05, 0.1) is 17.6 Å². The monoisotopic (exact) mass is 348 g/mol. The van der Waals surface area contributed by atoms with E-state index in [0.29, 0.717) is 13.2 Å². The number of nitro groups is 1. The number of nitrogens with zero attached hydrogens (tertiary/aromatic N) is 3. The van der Waals surface area contributed by atoms with Gasteiger partial charge in [-0.05, 0) is 18.4 Å². The minimum atomic E-state index is -0.394. The predicted molar refractivity (Wildman–Crippen MR) is 93.6 cm³/mol. The molecule has 1 N–H and O–H groups in total. The molecule has 25 heavy (non-hydrogen) atoms. The largest absolute Gasteiger partial charge is 0.375 e. The molecule has 0 saturated carbocycles. The van der Waals surface area contributed by atoms with Crippen LogP contribution in [0.1, 0.15) is 18.4 Å². The van der Waals surface area contributed by atoms with Crippen LogP contribution in [0.4, 0.5) is 5.69 Å². The Morgan fingerprint density at radius 3 is 2.72 bits per heavy atom. The van der Waals surface area contributed by atoms with Crippen molar-refractivity contribution in [1.82, 2.24) is 10.2 Å². The summed E-state index contributed by atoms with van der Waals surface area (Å²) in [6, 6.07) is 6.55. The molecule has 136 valence electrons. The van der Waals surface area contributed by atoms with Gasteiger partial charge in [0.15, 0.2) is 5.96 Å². The maximum Gasteiger partial charge on any atom is 0.269 e. The van der Waals surface area contributed by atoms with Crippen molar-refractivity contribution in [1.29, 1.82) is 0 Å². The molecule has 2 unspecified atom stereocenters. The molecule has 2 heterocycles. The van der Waals surface area contributed by atoms with Crippen molar-refractivity contribution in [2.75, 3.05) is 33.4 Å². The summed E-state index contributed by atoms with van der Waals surface area (Å²) in [5.74, 6) is 0.810. The van der Waals surface area contributed by atoms with Crippen LogP contribution in [0.3, 0.4) is 0 Å². The van der Waals surface area contributed by atoms with E-state index in [0.717, 1.165) is 44.1 Å². The van der Waals surface area contributed by atoms with Crippen LogP contribution in [0.2, 0.25) is 0 Å². The Labute approximate surface area is 147 Å². The summed E-state index contributed by atoms with van der Waals surface area (Å²) in [5.41, 5.74) is 1.07. The normalized spacial score (nSPS) is 24.4. The van der Waals surface area contributed by atoms with Crippen molar-refractivity contribution in [2.24, 2.45) is 4.99 Å². The fourth-order valence-corrected chi connectivity index (χ4v) is 3.24. The second-order valence-electron chi connectivity index (χ2n) is 6.23. The molecule has 2 atom stereocenters. The van der Waals surface area contributed by atoms with E-state index in [1.165, 1.54) is 12.1 Å². The van der Waals surface area contributed by atoms with Crippen LogP contribution in [0.25, 0.3) is 0 Å². The number of morpholine rings is 1. The third kappa shape index (κ3) is 4.46. The van der Waals surface area contributed by atoms with Crippen LogP contribution >= 0.6 is 0 Å². The Hall–Kier alpha value is -2.19. The summed E-state index contributed by atoms with van der Waals surface area (Å²) in [6.07, 6.45) is 2.40. The first-order valence-electron chi connectivity index (χ1n) is 8.59. The molecule has 8 heteroatoms. The van der Waals surface area contributed by atoms with Crippen molar-refractivity contribution in [3.63, 3.8) is 0 Å². The molecule has 2 fully saturated rings. The van der Waals surface area contributed by atoms with Gasteiger partial charge in [0.1, 0.15) is 6.10 Å². The smallest absolute Gasteiger partial charge is 0.269 e. The lowest BCUT2D eigenvalue weighted by Gasteiger charge is -2.37. The van der Waals surface area contributed by atoms with E-state index in [-0.39, 0.29) is 17.9 Å². The molecule has 0 amide bonds. The van der Waals surface area contributed by atoms with Crippen LogP contribution in [0.15, 0.2) is 29.3 Å².